The van der Waals surface area contributed by atoms with Gasteiger partial charge in [-0.1, -0.05) is 13.0 Å². The predicted molar refractivity (Wildman–Crippen MR) is 103 cm³/mol. The fourth-order valence-corrected chi connectivity index (χ4v) is 3.62. The van der Waals surface area contributed by atoms with Crippen LogP contribution in [0.15, 0.2) is 36.7 Å². The zero-order chi connectivity index (χ0) is 21.2. The SMILES string of the molecule is Cc1cc(Nc2nccc(C(F)(F)F)n2)cc(-c2cnc(C[C@@H](C)C(=O)O)s2)c1. The van der Waals surface area contributed by atoms with Crippen LogP contribution in [-0.2, 0) is 17.4 Å². The Kier molecular flexibility index (Phi) is 5.83. The van der Waals surface area contributed by atoms with Crippen molar-refractivity contribution in [3.05, 3.63) is 52.9 Å². The van der Waals surface area contributed by atoms with Gasteiger partial charge in [-0.25, -0.2) is 15.0 Å². The highest BCUT2D eigenvalue weighted by molar-refractivity contribution is 7.15. The molecule has 0 amide bonds. The third-order valence-electron chi connectivity index (χ3n) is 4.02. The van der Waals surface area contributed by atoms with Crippen LogP contribution in [0.2, 0.25) is 0 Å². The Hall–Kier alpha value is -3.01. The number of rotatable bonds is 6. The first-order valence-electron chi connectivity index (χ1n) is 8.58. The molecular formula is C19H17F3N4O2S. The first-order valence-corrected chi connectivity index (χ1v) is 9.40. The molecule has 0 aliphatic heterocycles. The lowest BCUT2D eigenvalue weighted by atomic mass is 10.1. The zero-order valence-electron chi connectivity index (χ0n) is 15.5. The van der Waals surface area contributed by atoms with Crippen LogP contribution in [0, 0.1) is 12.8 Å². The van der Waals surface area contributed by atoms with Crippen molar-refractivity contribution in [1.29, 1.82) is 0 Å². The highest BCUT2D eigenvalue weighted by atomic mass is 32.1. The molecule has 0 saturated carbocycles. The van der Waals surface area contributed by atoms with E-state index < -0.39 is 23.8 Å². The number of aryl methyl sites for hydroxylation is 1. The van der Waals surface area contributed by atoms with Crippen molar-refractivity contribution in [1.82, 2.24) is 15.0 Å². The average molecular weight is 422 g/mol. The molecule has 0 spiro atoms. The van der Waals surface area contributed by atoms with Crippen molar-refractivity contribution in [3.8, 4) is 10.4 Å². The number of aliphatic carboxylic acids is 1. The van der Waals surface area contributed by atoms with Gasteiger partial charge in [-0.05, 0) is 36.2 Å². The van der Waals surface area contributed by atoms with Crippen LogP contribution in [0.1, 0.15) is 23.2 Å². The van der Waals surface area contributed by atoms with E-state index in [0.717, 1.165) is 28.3 Å². The number of halogens is 3. The minimum Gasteiger partial charge on any atom is -0.481 e. The fourth-order valence-electron chi connectivity index (χ4n) is 2.59. The molecule has 0 bridgehead atoms. The third-order valence-corrected chi connectivity index (χ3v) is 5.09. The van der Waals surface area contributed by atoms with Gasteiger partial charge in [-0.15, -0.1) is 11.3 Å². The summed E-state index contributed by atoms with van der Waals surface area (Å²) in [5, 5.41) is 12.5. The number of benzene rings is 1. The molecule has 2 aromatic heterocycles. The number of thiazole rings is 1. The highest BCUT2D eigenvalue weighted by Gasteiger charge is 2.32. The van der Waals surface area contributed by atoms with Gasteiger partial charge in [0.25, 0.3) is 0 Å². The van der Waals surface area contributed by atoms with Gasteiger partial charge in [0, 0.05) is 24.5 Å². The van der Waals surface area contributed by atoms with E-state index in [4.69, 9.17) is 5.11 Å². The quantitative estimate of drug-likeness (QED) is 0.585. The topological polar surface area (TPSA) is 88.0 Å². The number of alkyl halides is 3. The number of hydrogen-bond donors (Lipinski definition) is 2. The van der Waals surface area contributed by atoms with Crippen LogP contribution in [0.5, 0.6) is 0 Å². The molecule has 0 fully saturated rings. The van der Waals surface area contributed by atoms with E-state index >= 15 is 0 Å². The van der Waals surface area contributed by atoms with Crippen molar-refractivity contribution in [2.24, 2.45) is 5.92 Å². The maximum absolute atomic E-state index is 12.8. The molecule has 0 saturated heterocycles. The Bertz CT molecular complexity index is 1040. The Labute approximate surface area is 168 Å². The minimum absolute atomic E-state index is 0.156. The number of carboxylic acid groups (broad SMARTS) is 1. The molecular weight excluding hydrogens is 405 g/mol. The Balaban J connectivity index is 1.84. The molecule has 10 heteroatoms. The van der Waals surface area contributed by atoms with Gasteiger partial charge in [0.1, 0.15) is 5.69 Å². The Morgan fingerprint density at radius 1 is 1.28 bits per heavy atom. The highest BCUT2D eigenvalue weighted by Crippen LogP contribution is 2.32. The van der Waals surface area contributed by atoms with Crippen molar-refractivity contribution in [2.45, 2.75) is 26.4 Å². The number of anilines is 2. The van der Waals surface area contributed by atoms with Crippen LogP contribution in [0.4, 0.5) is 24.8 Å². The van der Waals surface area contributed by atoms with Gasteiger partial charge in [-0.3, -0.25) is 4.79 Å². The van der Waals surface area contributed by atoms with Crippen molar-refractivity contribution in [2.75, 3.05) is 5.32 Å². The zero-order valence-corrected chi connectivity index (χ0v) is 16.3. The predicted octanol–water partition coefficient (Wildman–Crippen LogP) is 4.93. The maximum Gasteiger partial charge on any atom is 0.433 e. The first-order chi connectivity index (χ1) is 13.6. The van der Waals surface area contributed by atoms with E-state index in [1.807, 2.05) is 13.0 Å². The van der Waals surface area contributed by atoms with Gasteiger partial charge in [0.15, 0.2) is 0 Å². The molecule has 2 N–H and O–H groups in total. The number of carboxylic acids is 1. The van der Waals surface area contributed by atoms with Gasteiger partial charge < -0.3 is 10.4 Å². The van der Waals surface area contributed by atoms with Crippen molar-refractivity contribution >= 4 is 28.9 Å². The summed E-state index contributed by atoms with van der Waals surface area (Å²) >= 11 is 1.38. The summed E-state index contributed by atoms with van der Waals surface area (Å²) in [5.41, 5.74) is 1.20. The first kappa shape index (κ1) is 20.7. The molecule has 152 valence electrons. The van der Waals surface area contributed by atoms with Crippen LogP contribution in [0.3, 0.4) is 0 Å². The van der Waals surface area contributed by atoms with Crippen molar-refractivity contribution < 1.29 is 23.1 Å². The van der Waals surface area contributed by atoms with Gasteiger partial charge in [0.2, 0.25) is 5.95 Å². The summed E-state index contributed by atoms with van der Waals surface area (Å²) in [4.78, 5) is 23.5. The molecule has 1 atom stereocenters. The maximum atomic E-state index is 12.8. The molecule has 3 aromatic rings. The second kappa shape index (κ2) is 8.16. The summed E-state index contributed by atoms with van der Waals surface area (Å²) in [7, 11) is 0. The average Bonchev–Trinajstić information content (AvgIpc) is 3.09. The fraction of sp³-hybridized carbons (Fsp3) is 0.263. The molecule has 1 aromatic carbocycles. The molecule has 2 heterocycles. The molecule has 0 radical (unpaired) electrons. The monoisotopic (exact) mass is 422 g/mol. The van der Waals surface area contributed by atoms with E-state index in [1.165, 1.54) is 11.3 Å². The summed E-state index contributed by atoms with van der Waals surface area (Å²) in [6, 6.07) is 6.25. The molecule has 0 aliphatic rings. The standard InChI is InChI=1S/C19H17F3N4O2S/c1-10-5-12(14-9-24-16(29-14)7-11(2)17(27)28)8-13(6-10)25-18-23-4-3-15(26-18)19(20,21)22/h3-6,8-9,11H,7H2,1-2H3,(H,27,28)(H,23,25,26)/t11-/m1/s1. The third kappa shape index (κ3) is 5.29. The van der Waals surface area contributed by atoms with Crippen LogP contribution < -0.4 is 5.32 Å². The lowest BCUT2D eigenvalue weighted by Gasteiger charge is -2.10. The van der Waals surface area contributed by atoms with E-state index in [-0.39, 0.29) is 5.95 Å². The van der Waals surface area contributed by atoms with Crippen LogP contribution in [-0.4, -0.2) is 26.0 Å². The summed E-state index contributed by atoms with van der Waals surface area (Å²) < 4.78 is 38.5. The number of aromatic nitrogens is 3. The number of nitrogens with one attached hydrogen (secondary N) is 1. The van der Waals surface area contributed by atoms with E-state index in [9.17, 15) is 18.0 Å². The molecule has 29 heavy (non-hydrogen) atoms. The molecule has 0 unspecified atom stereocenters. The second-order valence-corrected chi connectivity index (χ2v) is 7.65. The summed E-state index contributed by atoms with van der Waals surface area (Å²) in [5.74, 6) is -1.58. The molecule has 3 rings (SSSR count). The smallest absolute Gasteiger partial charge is 0.433 e. The Morgan fingerprint density at radius 3 is 2.72 bits per heavy atom. The van der Waals surface area contributed by atoms with Gasteiger partial charge in [-0.2, -0.15) is 13.2 Å². The van der Waals surface area contributed by atoms with E-state index in [0.29, 0.717) is 17.1 Å². The number of nitrogens with zero attached hydrogens (tertiary/aromatic N) is 3. The van der Waals surface area contributed by atoms with E-state index in [2.05, 4.69) is 20.3 Å². The van der Waals surface area contributed by atoms with Crippen molar-refractivity contribution in [3.63, 3.8) is 0 Å². The number of carbonyl (C=O) groups is 1. The summed E-state index contributed by atoms with van der Waals surface area (Å²) in [6.07, 6.45) is -1.51. The Morgan fingerprint density at radius 2 is 2.03 bits per heavy atom. The largest absolute Gasteiger partial charge is 0.481 e. The lowest BCUT2D eigenvalue weighted by Crippen LogP contribution is -2.11. The van der Waals surface area contributed by atoms with Gasteiger partial charge >= 0.3 is 12.1 Å². The van der Waals surface area contributed by atoms with E-state index in [1.54, 1.807) is 25.3 Å². The number of hydrogen-bond acceptors (Lipinski definition) is 6. The molecule has 6 nitrogen and oxygen atoms in total. The van der Waals surface area contributed by atoms with Crippen LogP contribution in [0.25, 0.3) is 10.4 Å². The second-order valence-electron chi connectivity index (χ2n) is 6.54. The van der Waals surface area contributed by atoms with Crippen LogP contribution >= 0.6 is 11.3 Å². The normalized spacial score (nSPS) is 12.6. The lowest BCUT2D eigenvalue weighted by molar-refractivity contribution is -0.142. The minimum atomic E-state index is -4.55. The summed E-state index contributed by atoms with van der Waals surface area (Å²) in [6.45, 7) is 3.48. The molecule has 0 aliphatic carbocycles. The van der Waals surface area contributed by atoms with Gasteiger partial charge in [0.05, 0.1) is 15.8 Å².